The maximum Gasteiger partial charge on any atom is 0.422 e. The Balaban J connectivity index is 2.81. The Hall–Kier alpha value is -2.39. The molecule has 6 nitrogen and oxygen atoms in total. The Morgan fingerprint density at radius 1 is 1.33 bits per heavy atom. The highest BCUT2D eigenvalue weighted by Crippen LogP contribution is 2.41. The third-order valence-corrected chi connectivity index (χ3v) is 2.89. The lowest BCUT2D eigenvalue weighted by molar-refractivity contribution is -0.136. The number of hydrogen-bond acceptors (Lipinski definition) is 5. The summed E-state index contributed by atoms with van der Waals surface area (Å²) in [7, 11) is 2.70. The van der Waals surface area contributed by atoms with Crippen molar-refractivity contribution in [1.82, 2.24) is 19.7 Å². The molecule has 0 fully saturated rings. The van der Waals surface area contributed by atoms with Gasteiger partial charge >= 0.3 is 6.18 Å². The van der Waals surface area contributed by atoms with Crippen molar-refractivity contribution in [1.29, 1.82) is 0 Å². The zero-order valence-electron chi connectivity index (χ0n) is 11.2. The number of nitrogens with zero attached hydrogens (tertiary/aromatic N) is 4. The standard InChI is InChI=1S/C11H12F4N6/c1-17-9-7(11(13,14)15)8(19-10(16)20-9)5-4-18-21(2)6(5)3-12/h4H,3H2,1-2H3,(H3,16,17,19,20). The van der Waals surface area contributed by atoms with Crippen LogP contribution in [-0.2, 0) is 19.9 Å². The fourth-order valence-electron chi connectivity index (χ4n) is 1.94. The summed E-state index contributed by atoms with van der Waals surface area (Å²) < 4.78 is 54.0. The highest BCUT2D eigenvalue weighted by atomic mass is 19.4. The molecule has 0 amide bonds. The summed E-state index contributed by atoms with van der Waals surface area (Å²) in [5.74, 6) is -0.824. The summed E-state index contributed by atoms with van der Waals surface area (Å²) in [6.45, 7) is -0.984. The minimum Gasteiger partial charge on any atom is -0.372 e. The van der Waals surface area contributed by atoms with Crippen LogP contribution in [0.5, 0.6) is 0 Å². The minimum absolute atomic E-state index is 0.0272. The van der Waals surface area contributed by atoms with E-state index in [9.17, 15) is 17.6 Å². The van der Waals surface area contributed by atoms with E-state index in [0.29, 0.717) is 0 Å². The molecule has 114 valence electrons. The Labute approximate surface area is 117 Å². The third kappa shape index (κ3) is 2.60. The van der Waals surface area contributed by atoms with Gasteiger partial charge in [-0.3, -0.25) is 4.68 Å². The van der Waals surface area contributed by atoms with Crippen LogP contribution in [0.1, 0.15) is 11.3 Å². The van der Waals surface area contributed by atoms with Crippen LogP contribution in [-0.4, -0.2) is 26.8 Å². The van der Waals surface area contributed by atoms with Gasteiger partial charge in [0.2, 0.25) is 5.95 Å². The molecular formula is C11H12F4N6. The molecule has 0 unspecified atom stereocenters. The van der Waals surface area contributed by atoms with E-state index in [1.165, 1.54) is 14.1 Å². The predicted octanol–water partition coefficient (Wildman–Crippen LogP) is 1.99. The first-order chi connectivity index (χ1) is 9.79. The van der Waals surface area contributed by atoms with E-state index in [-0.39, 0.29) is 17.2 Å². The molecule has 0 aliphatic rings. The number of hydrogen-bond donors (Lipinski definition) is 2. The number of nitrogens with one attached hydrogen (secondary N) is 1. The second kappa shape index (κ2) is 5.19. The molecule has 0 aliphatic heterocycles. The smallest absolute Gasteiger partial charge is 0.372 e. The van der Waals surface area contributed by atoms with E-state index in [1.54, 1.807) is 0 Å². The summed E-state index contributed by atoms with van der Waals surface area (Å²) >= 11 is 0. The van der Waals surface area contributed by atoms with Crippen molar-refractivity contribution in [3.05, 3.63) is 17.5 Å². The van der Waals surface area contributed by atoms with Gasteiger partial charge in [-0.15, -0.1) is 0 Å². The van der Waals surface area contributed by atoms with E-state index in [4.69, 9.17) is 5.73 Å². The predicted molar refractivity (Wildman–Crippen MR) is 68.0 cm³/mol. The molecule has 0 aromatic carbocycles. The zero-order valence-corrected chi connectivity index (χ0v) is 11.2. The number of nitrogens with two attached hydrogens (primary N) is 1. The topological polar surface area (TPSA) is 81.7 Å². The molecule has 2 aromatic heterocycles. The Morgan fingerprint density at radius 2 is 2.00 bits per heavy atom. The van der Waals surface area contributed by atoms with Crippen LogP contribution in [0.4, 0.5) is 29.3 Å². The highest BCUT2D eigenvalue weighted by Gasteiger charge is 2.39. The van der Waals surface area contributed by atoms with Gasteiger partial charge in [0.15, 0.2) is 0 Å². The van der Waals surface area contributed by atoms with E-state index in [2.05, 4.69) is 20.4 Å². The molecule has 0 aliphatic carbocycles. The molecule has 2 aromatic rings. The molecule has 0 atom stereocenters. The second-order valence-electron chi connectivity index (χ2n) is 4.16. The quantitative estimate of drug-likeness (QED) is 0.848. The van der Waals surface area contributed by atoms with Gasteiger partial charge in [0, 0.05) is 19.7 Å². The summed E-state index contributed by atoms with van der Waals surface area (Å²) in [5.41, 5.74) is 3.72. The highest BCUT2D eigenvalue weighted by molar-refractivity contribution is 5.72. The molecule has 10 heteroatoms. The molecule has 0 bridgehead atoms. The maximum absolute atomic E-state index is 13.3. The fraction of sp³-hybridized carbons (Fsp3) is 0.364. The van der Waals surface area contributed by atoms with Crippen molar-refractivity contribution in [2.75, 3.05) is 18.1 Å². The van der Waals surface area contributed by atoms with Crippen molar-refractivity contribution in [2.45, 2.75) is 12.9 Å². The Kier molecular flexibility index (Phi) is 3.71. The van der Waals surface area contributed by atoms with Crippen LogP contribution in [0.25, 0.3) is 11.3 Å². The number of aryl methyl sites for hydroxylation is 1. The Bertz CT molecular complexity index is 663. The second-order valence-corrected chi connectivity index (χ2v) is 4.16. The summed E-state index contributed by atoms with van der Waals surface area (Å²) in [6, 6.07) is 0. The SMILES string of the molecule is CNc1nc(N)nc(-c2cnn(C)c2CF)c1C(F)(F)F. The number of anilines is 2. The van der Waals surface area contributed by atoms with E-state index in [1.807, 2.05) is 0 Å². The average Bonchev–Trinajstić information content (AvgIpc) is 2.77. The summed E-state index contributed by atoms with van der Waals surface area (Å²) in [4.78, 5) is 7.15. The lowest BCUT2D eigenvalue weighted by atomic mass is 10.1. The monoisotopic (exact) mass is 304 g/mol. The van der Waals surface area contributed by atoms with Crippen LogP contribution < -0.4 is 11.1 Å². The number of halogens is 4. The number of nitrogen functional groups attached to an aromatic ring is 1. The molecule has 0 saturated heterocycles. The van der Waals surface area contributed by atoms with Crippen molar-refractivity contribution < 1.29 is 17.6 Å². The van der Waals surface area contributed by atoms with Crippen LogP contribution >= 0.6 is 0 Å². The van der Waals surface area contributed by atoms with Crippen molar-refractivity contribution in [3.8, 4) is 11.3 Å². The van der Waals surface area contributed by atoms with Gasteiger partial charge < -0.3 is 11.1 Å². The average molecular weight is 304 g/mol. The molecule has 0 radical (unpaired) electrons. The van der Waals surface area contributed by atoms with Crippen molar-refractivity contribution in [3.63, 3.8) is 0 Å². The number of aromatic nitrogens is 4. The van der Waals surface area contributed by atoms with Crippen molar-refractivity contribution in [2.24, 2.45) is 7.05 Å². The minimum atomic E-state index is -4.73. The normalized spacial score (nSPS) is 11.7. The lowest BCUT2D eigenvalue weighted by Crippen LogP contribution is -2.15. The van der Waals surface area contributed by atoms with Crippen LogP contribution in [0.2, 0.25) is 0 Å². The van der Waals surface area contributed by atoms with Crippen molar-refractivity contribution >= 4 is 11.8 Å². The molecular weight excluding hydrogens is 292 g/mol. The maximum atomic E-state index is 13.3. The molecule has 2 rings (SSSR count). The summed E-state index contributed by atoms with van der Waals surface area (Å²) in [5, 5.41) is 6.09. The van der Waals surface area contributed by atoms with Crippen LogP contribution in [0.15, 0.2) is 6.20 Å². The molecule has 2 heterocycles. The van der Waals surface area contributed by atoms with Gasteiger partial charge in [-0.25, -0.2) is 9.37 Å². The molecule has 0 saturated carbocycles. The molecule has 3 N–H and O–H groups in total. The van der Waals surface area contributed by atoms with Gasteiger partial charge in [-0.1, -0.05) is 0 Å². The van der Waals surface area contributed by atoms with Crippen LogP contribution in [0, 0.1) is 0 Å². The molecule has 0 spiro atoms. The number of alkyl halides is 4. The lowest BCUT2D eigenvalue weighted by Gasteiger charge is -2.16. The van der Waals surface area contributed by atoms with E-state index in [0.717, 1.165) is 10.9 Å². The van der Waals surface area contributed by atoms with E-state index >= 15 is 0 Å². The zero-order chi connectivity index (χ0) is 15.8. The summed E-state index contributed by atoms with van der Waals surface area (Å²) in [6.07, 6.45) is -3.61. The first-order valence-corrected chi connectivity index (χ1v) is 5.79. The fourth-order valence-corrected chi connectivity index (χ4v) is 1.94. The van der Waals surface area contributed by atoms with E-state index < -0.39 is 29.9 Å². The first-order valence-electron chi connectivity index (χ1n) is 5.79. The van der Waals surface area contributed by atoms with Crippen LogP contribution in [0.3, 0.4) is 0 Å². The first kappa shape index (κ1) is 15.0. The van der Waals surface area contributed by atoms with Gasteiger partial charge in [0.1, 0.15) is 18.1 Å². The number of rotatable bonds is 3. The van der Waals surface area contributed by atoms with Gasteiger partial charge in [-0.05, 0) is 0 Å². The largest absolute Gasteiger partial charge is 0.422 e. The van der Waals surface area contributed by atoms with Gasteiger partial charge in [0.25, 0.3) is 0 Å². The molecule has 21 heavy (non-hydrogen) atoms. The Morgan fingerprint density at radius 3 is 2.52 bits per heavy atom. The van der Waals surface area contributed by atoms with Gasteiger partial charge in [-0.2, -0.15) is 23.3 Å². The third-order valence-electron chi connectivity index (χ3n) is 2.89. The van der Waals surface area contributed by atoms with Gasteiger partial charge in [0.05, 0.1) is 17.6 Å².